The predicted octanol–water partition coefficient (Wildman–Crippen LogP) is 1.35. The number of hydrogen-bond donors (Lipinski definition) is 0. The second-order valence-electron chi connectivity index (χ2n) is 4.42. The monoisotopic (exact) mass is 269 g/mol. The van der Waals surface area contributed by atoms with Gasteiger partial charge in [0.1, 0.15) is 0 Å². The number of rotatable bonds is 3. The lowest BCUT2D eigenvalue weighted by Crippen LogP contribution is -2.08. The average molecular weight is 269 g/mol. The van der Waals surface area contributed by atoms with Crippen LogP contribution in [0.1, 0.15) is 16.1 Å². The van der Waals surface area contributed by atoms with Crippen molar-refractivity contribution in [1.82, 2.24) is 14.8 Å². The third-order valence-electron chi connectivity index (χ3n) is 3.08. The highest BCUT2D eigenvalue weighted by atomic mass is 16.4. The van der Waals surface area contributed by atoms with E-state index in [4.69, 9.17) is 4.42 Å². The molecule has 3 rings (SSSR count). The van der Waals surface area contributed by atoms with Gasteiger partial charge < -0.3 is 4.42 Å². The van der Waals surface area contributed by atoms with Crippen LogP contribution in [0.3, 0.4) is 0 Å². The molecule has 6 nitrogen and oxygen atoms in total. The van der Waals surface area contributed by atoms with Gasteiger partial charge in [-0.15, -0.1) is 0 Å². The predicted molar refractivity (Wildman–Crippen MR) is 71.5 cm³/mol. The minimum atomic E-state index is -0.446. The zero-order valence-electron chi connectivity index (χ0n) is 10.7. The molecule has 0 atom stereocenters. The zero-order chi connectivity index (χ0) is 14.1. The maximum Gasteiger partial charge on any atom is 0.419 e. The number of oxazole rings is 1. The van der Waals surface area contributed by atoms with E-state index in [9.17, 15) is 9.59 Å². The number of fused-ring (bicyclic) bond motifs is 1. The highest BCUT2D eigenvalue weighted by Gasteiger charge is 2.12. The van der Waals surface area contributed by atoms with Crippen LogP contribution in [0.4, 0.5) is 0 Å². The van der Waals surface area contributed by atoms with Crippen LogP contribution in [0.5, 0.6) is 0 Å². The molecule has 2 heterocycles. The number of carbonyl (C=O) groups is 1. The molecular formula is C14H11N3O3. The van der Waals surface area contributed by atoms with Crippen molar-refractivity contribution in [3.8, 4) is 0 Å². The van der Waals surface area contributed by atoms with E-state index in [-0.39, 0.29) is 12.2 Å². The minimum Gasteiger partial charge on any atom is -0.408 e. The maximum atomic E-state index is 12.2. The third kappa shape index (κ3) is 2.11. The van der Waals surface area contributed by atoms with Crippen molar-refractivity contribution >= 4 is 16.9 Å². The largest absolute Gasteiger partial charge is 0.419 e. The lowest BCUT2D eigenvalue weighted by atomic mass is 10.1. The standard InChI is InChI=1S/C14H11N3O3/c1-17-11-5-4-9(7-13(11)20-14(17)19)12(18)8-10-3-2-6-15-16-10/h2-7H,8H2,1H3. The van der Waals surface area contributed by atoms with E-state index >= 15 is 0 Å². The molecule has 0 radical (unpaired) electrons. The van der Waals surface area contributed by atoms with Crippen molar-refractivity contribution in [3.63, 3.8) is 0 Å². The number of carbonyl (C=O) groups excluding carboxylic acids is 1. The molecule has 2 aromatic heterocycles. The van der Waals surface area contributed by atoms with Gasteiger partial charge in [0.15, 0.2) is 11.4 Å². The molecule has 1 aromatic carbocycles. The molecule has 0 saturated heterocycles. The smallest absolute Gasteiger partial charge is 0.408 e. The molecule has 0 fully saturated rings. The Morgan fingerprint density at radius 3 is 2.95 bits per heavy atom. The van der Waals surface area contributed by atoms with Gasteiger partial charge in [-0.05, 0) is 30.3 Å². The van der Waals surface area contributed by atoms with Crippen molar-refractivity contribution in [3.05, 3.63) is 58.3 Å². The van der Waals surface area contributed by atoms with Crippen LogP contribution in [0.15, 0.2) is 45.7 Å². The van der Waals surface area contributed by atoms with E-state index in [1.807, 2.05) is 0 Å². The summed E-state index contributed by atoms with van der Waals surface area (Å²) in [5.41, 5.74) is 2.15. The number of nitrogens with zero attached hydrogens (tertiary/aromatic N) is 3. The molecule has 6 heteroatoms. The lowest BCUT2D eigenvalue weighted by molar-refractivity contribution is 0.0991. The summed E-state index contributed by atoms with van der Waals surface area (Å²) in [6, 6.07) is 8.43. The third-order valence-corrected chi connectivity index (χ3v) is 3.08. The summed E-state index contributed by atoms with van der Waals surface area (Å²) >= 11 is 0. The molecule has 0 unspecified atom stereocenters. The van der Waals surface area contributed by atoms with Gasteiger partial charge in [0.05, 0.1) is 17.6 Å². The van der Waals surface area contributed by atoms with Crippen LogP contribution in [0.2, 0.25) is 0 Å². The van der Waals surface area contributed by atoms with Crippen molar-refractivity contribution in [2.45, 2.75) is 6.42 Å². The van der Waals surface area contributed by atoms with Crippen molar-refractivity contribution in [2.75, 3.05) is 0 Å². The first-order valence-electron chi connectivity index (χ1n) is 6.04. The van der Waals surface area contributed by atoms with Gasteiger partial charge in [-0.25, -0.2) is 4.79 Å². The van der Waals surface area contributed by atoms with Crippen LogP contribution >= 0.6 is 0 Å². The Hall–Kier alpha value is -2.76. The van der Waals surface area contributed by atoms with Gasteiger partial charge in [0.2, 0.25) is 0 Å². The second kappa shape index (κ2) is 4.73. The summed E-state index contributed by atoms with van der Waals surface area (Å²) in [5, 5.41) is 7.61. The van der Waals surface area contributed by atoms with Gasteiger partial charge in [-0.2, -0.15) is 10.2 Å². The molecule has 0 N–H and O–H groups in total. The summed E-state index contributed by atoms with van der Waals surface area (Å²) in [6.07, 6.45) is 1.72. The van der Waals surface area contributed by atoms with E-state index in [0.29, 0.717) is 22.4 Å². The van der Waals surface area contributed by atoms with E-state index in [1.54, 1.807) is 43.6 Å². The van der Waals surface area contributed by atoms with Crippen molar-refractivity contribution in [1.29, 1.82) is 0 Å². The normalized spacial score (nSPS) is 10.8. The number of Topliss-reactive ketones (excluding diaryl/α,β-unsaturated/α-hetero) is 1. The summed E-state index contributed by atoms with van der Waals surface area (Å²) in [7, 11) is 1.62. The summed E-state index contributed by atoms with van der Waals surface area (Å²) in [5.74, 6) is -0.544. The fraction of sp³-hybridized carbons (Fsp3) is 0.143. The number of ketones is 1. The number of aryl methyl sites for hydroxylation is 1. The molecule has 3 aromatic rings. The summed E-state index contributed by atoms with van der Waals surface area (Å²) in [4.78, 5) is 23.6. The van der Waals surface area contributed by atoms with E-state index < -0.39 is 5.76 Å². The Morgan fingerprint density at radius 2 is 2.20 bits per heavy atom. The second-order valence-corrected chi connectivity index (χ2v) is 4.42. The SMILES string of the molecule is Cn1c(=O)oc2cc(C(=O)Cc3cccnn3)ccc21. The highest BCUT2D eigenvalue weighted by molar-refractivity contribution is 5.99. The Bertz CT molecular complexity index is 834. The van der Waals surface area contributed by atoms with E-state index in [0.717, 1.165) is 0 Å². The molecule has 0 spiro atoms. The summed E-state index contributed by atoms with van der Waals surface area (Å²) in [6.45, 7) is 0. The number of benzene rings is 1. The Morgan fingerprint density at radius 1 is 1.35 bits per heavy atom. The first-order chi connectivity index (χ1) is 9.65. The maximum absolute atomic E-state index is 12.2. The zero-order valence-corrected chi connectivity index (χ0v) is 10.7. The molecule has 0 amide bonds. The van der Waals surface area contributed by atoms with Crippen LogP contribution in [0, 0.1) is 0 Å². The van der Waals surface area contributed by atoms with Crippen molar-refractivity contribution < 1.29 is 9.21 Å². The Kier molecular flexibility index (Phi) is 2.90. The molecule has 0 aliphatic heterocycles. The first kappa shape index (κ1) is 12.3. The number of hydrogen-bond acceptors (Lipinski definition) is 5. The van der Waals surface area contributed by atoms with Crippen LogP contribution in [-0.4, -0.2) is 20.5 Å². The fourth-order valence-electron chi connectivity index (χ4n) is 2.00. The molecule has 100 valence electrons. The van der Waals surface area contributed by atoms with Gasteiger partial charge in [-0.3, -0.25) is 9.36 Å². The van der Waals surface area contributed by atoms with Gasteiger partial charge >= 0.3 is 5.76 Å². The van der Waals surface area contributed by atoms with Gasteiger partial charge in [0.25, 0.3) is 0 Å². The van der Waals surface area contributed by atoms with Gasteiger partial charge in [-0.1, -0.05) is 0 Å². The van der Waals surface area contributed by atoms with Gasteiger partial charge in [0, 0.05) is 18.8 Å². The topological polar surface area (TPSA) is 78.0 Å². The molecule has 20 heavy (non-hydrogen) atoms. The van der Waals surface area contributed by atoms with Crippen LogP contribution in [0.25, 0.3) is 11.1 Å². The lowest BCUT2D eigenvalue weighted by Gasteiger charge is -2.00. The number of aromatic nitrogens is 3. The first-order valence-corrected chi connectivity index (χ1v) is 6.04. The van der Waals surface area contributed by atoms with Crippen molar-refractivity contribution in [2.24, 2.45) is 7.05 Å². The molecule has 0 bridgehead atoms. The average Bonchev–Trinajstić information content (AvgIpc) is 2.74. The Balaban J connectivity index is 1.94. The van der Waals surface area contributed by atoms with Crippen LogP contribution in [-0.2, 0) is 13.5 Å². The molecule has 0 aliphatic carbocycles. The minimum absolute atomic E-state index is 0.0982. The summed E-state index contributed by atoms with van der Waals surface area (Å²) < 4.78 is 6.46. The van der Waals surface area contributed by atoms with E-state index in [1.165, 1.54) is 4.57 Å². The molecule has 0 aliphatic rings. The molecular weight excluding hydrogens is 258 g/mol. The molecule has 0 saturated carbocycles. The quantitative estimate of drug-likeness (QED) is 0.670. The highest BCUT2D eigenvalue weighted by Crippen LogP contribution is 2.15. The van der Waals surface area contributed by atoms with Crippen LogP contribution < -0.4 is 5.76 Å². The Labute approximate surface area is 113 Å². The fourth-order valence-corrected chi connectivity index (χ4v) is 2.00. The van der Waals surface area contributed by atoms with E-state index in [2.05, 4.69) is 10.2 Å².